The topological polar surface area (TPSA) is 126 Å². The van der Waals surface area contributed by atoms with Gasteiger partial charge in [0.05, 0.1) is 17.9 Å². The molecule has 0 heterocycles. The van der Waals surface area contributed by atoms with E-state index in [-0.39, 0.29) is 75.4 Å². The van der Waals surface area contributed by atoms with Crippen LogP contribution >= 0.6 is 24.0 Å². The Morgan fingerprint density at radius 3 is 1.28 bits per heavy atom. The Hall–Kier alpha value is -2.56. The maximum Gasteiger partial charge on any atom is 0.306 e. The van der Waals surface area contributed by atoms with E-state index in [1.165, 1.54) is 128 Å². The van der Waals surface area contributed by atoms with E-state index in [0.29, 0.717) is 17.3 Å². The number of benzene rings is 1. The van der Waals surface area contributed by atoms with Crippen molar-refractivity contribution in [3.8, 4) is 5.75 Å². The first-order chi connectivity index (χ1) is 30.8. The molecule has 1 aromatic carbocycles. The molecule has 1 N–H and O–H groups in total. The van der Waals surface area contributed by atoms with Crippen molar-refractivity contribution in [2.24, 2.45) is 0 Å². The Kier molecular flexibility index (Phi) is 40.0. The van der Waals surface area contributed by atoms with E-state index in [4.69, 9.17) is 35.3 Å². The molecular formula is C53H93Cl2NO9. The van der Waals surface area contributed by atoms with Crippen molar-refractivity contribution in [2.75, 3.05) is 26.4 Å². The summed E-state index contributed by atoms with van der Waals surface area (Å²) < 4.78 is 28.3. The van der Waals surface area contributed by atoms with E-state index in [1.54, 1.807) is 6.07 Å². The number of carbonyl (C=O) groups excluding carboxylic acids is 4. The second-order valence-electron chi connectivity index (χ2n) is 19.0. The highest BCUT2D eigenvalue weighted by Gasteiger charge is 2.23. The number of aryl methyl sites for hydroxylation is 1. The maximum atomic E-state index is 13.0. The Morgan fingerprint density at radius 1 is 0.523 bits per heavy atom. The summed E-state index contributed by atoms with van der Waals surface area (Å²) >= 11 is 6.32. The number of esters is 4. The van der Waals surface area contributed by atoms with Crippen LogP contribution in [0.4, 0.5) is 0 Å². The van der Waals surface area contributed by atoms with Gasteiger partial charge >= 0.3 is 23.9 Å². The molecule has 0 aromatic heterocycles. The lowest BCUT2D eigenvalue weighted by Gasteiger charge is -2.25. The fourth-order valence-electron chi connectivity index (χ4n) is 7.36. The van der Waals surface area contributed by atoms with Gasteiger partial charge in [-0.3, -0.25) is 19.2 Å². The summed E-state index contributed by atoms with van der Waals surface area (Å²) in [5.74, 6) is -1.55. The lowest BCUT2D eigenvalue weighted by Crippen LogP contribution is -2.44. The molecule has 0 saturated carbocycles. The number of nitrogens with one attached hydrogen (secondary N) is 1. The number of ether oxygens (including phenoxy) is 5. The lowest BCUT2D eigenvalue weighted by molar-refractivity contribution is -0.168. The molecule has 0 aliphatic carbocycles. The highest BCUT2D eigenvalue weighted by atomic mass is 35.5. The summed E-state index contributed by atoms with van der Waals surface area (Å²) in [5.41, 5.74) is 0.739. The Morgan fingerprint density at radius 2 is 0.892 bits per heavy atom. The van der Waals surface area contributed by atoms with Gasteiger partial charge in [-0.05, 0) is 58.2 Å². The number of carbonyl (C=O) groups is 4. The molecule has 0 aliphatic rings. The van der Waals surface area contributed by atoms with Crippen LogP contribution in [0.3, 0.4) is 0 Å². The van der Waals surface area contributed by atoms with Crippen LogP contribution in [-0.2, 0) is 38.1 Å². The SMILES string of the molecule is CCCCCCCCCCCCCCCC(=O)OCC(COC(=O)CCCCCCCCCCCCCCC)OC(=O)CCC(=O)OC(CNC(C)(C)C)COc1cc(C)ccc1Cl.Cl. The summed E-state index contributed by atoms with van der Waals surface area (Å²) in [6.45, 7) is 12.3. The standard InChI is InChI=1S/C53H92ClNO9.ClH/c1-7-9-11-13-15-17-19-21-23-25-27-29-31-33-49(56)61-42-46(43-62-50(57)34-32-30-28-26-24-22-20-18-16-14-12-10-8-2)64-52(59)38-37-51(58)63-45(40-55-53(4,5)6)41-60-48-39-44(3)35-36-47(48)54;/h35-36,39,45-46,55H,7-34,37-38,40-43H2,1-6H3;1H. The normalized spacial score (nSPS) is 11.8. The predicted octanol–water partition coefficient (Wildman–Crippen LogP) is 14.5. The van der Waals surface area contributed by atoms with Crippen LogP contribution in [0.25, 0.3) is 0 Å². The minimum absolute atomic E-state index is 0. The van der Waals surface area contributed by atoms with Crippen molar-refractivity contribution in [1.82, 2.24) is 5.32 Å². The summed E-state index contributed by atoms with van der Waals surface area (Å²) in [5, 5.41) is 3.78. The van der Waals surface area contributed by atoms with Gasteiger partial charge in [0.25, 0.3) is 0 Å². The van der Waals surface area contributed by atoms with Crippen LogP contribution < -0.4 is 10.1 Å². The number of hydrogen-bond donors (Lipinski definition) is 1. The second kappa shape index (κ2) is 41.6. The molecule has 0 fully saturated rings. The van der Waals surface area contributed by atoms with Crippen molar-refractivity contribution in [3.05, 3.63) is 28.8 Å². The third-order valence-corrected chi connectivity index (χ3v) is 11.6. The zero-order valence-electron chi connectivity index (χ0n) is 41.9. The molecule has 378 valence electrons. The highest BCUT2D eigenvalue weighted by Crippen LogP contribution is 2.26. The van der Waals surface area contributed by atoms with Crippen molar-refractivity contribution in [2.45, 2.75) is 252 Å². The Labute approximate surface area is 407 Å². The molecule has 0 saturated heterocycles. The molecule has 0 amide bonds. The van der Waals surface area contributed by atoms with Crippen LogP contribution in [0, 0.1) is 6.92 Å². The first-order valence-corrected chi connectivity index (χ1v) is 26.0. The van der Waals surface area contributed by atoms with Crippen LogP contribution in [0.15, 0.2) is 18.2 Å². The zero-order chi connectivity index (χ0) is 47.1. The van der Waals surface area contributed by atoms with Crippen molar-refractivity contribution >= 4 is 47.9 Å². The molecule has 1 unspecified atom stereocenters. The Bertz CT molecular complexity index is 1310. The average molecular weight is 959 g/mol. The van der Waals surface area contributed by atoms with E-state index in [0.717, 1.165) is 44.1 Å². The minimum atomic E-state index is -0.995. The van der Waals surface area contributed by atoms with Gasteiger partial charge in [-0.2, -0.15) is 0 Å². The predicted molar refractivity (Wildman–Crippen MR) is 268 cm³/mol. The minimum Gasteiger partial charge on any atom is -0.488 e. The molecule has 1 atom stereocenters. The monoisotopic (exact) mass is 958 g/mol. The van der Waals surface area contributed by atoms with Gasteiger partial charge < -0.3 is 29.0 Å². The van der Waals surface area contributed by atoms with Gasteiger partial charge in [0.15, 0.2) is 6.10 Å². The number of halogens is 2. The average Bonchev–Trinajstić information content (AvgIpc) is 3.26. The summed E-state index contributed by atoms with van der Waals surface area (Å²) in [7, 11) is 0. The molecule has 12 heteroatoms. The second-order valence-corrected chi connectivity index (χ2v) is 19.4. The molecule has 0 bridgehead atoms. The van der Waals surface area contributed by atoms with Gasteiger partial charge in [0, 0.05) is 24.9 Å². The number of rotatable bonds is 42. The van der Waals surface area contributed by atoms with E-state index in [2.05, 4.69) is 19.2 Å². The molecule has 65 heavy (non-hydrogen) atoms. The quantitative estimate of drug-likeness (QED) is 0.0384. The summed E-state index contributed by atoms with van der Waals surface area (Å²) in [6.07, 6.45) is 29.9. The highest BCUT2D eigenvalue weighted by molar-refractivity contribution is 6.32. The molecule has 0 spiro atoms. The van der Waals surface area contributed by atoms with Gasteiger partial charge in [0.1, 0.15) is 31.7 Å². The van der Waals surface area contributed by atoms with Crippen molar-refractivity contribution in [1.29, 1.82) is 0 Å². The van der Waals surface area contributed by atoms with Crippen LogP contribution in [-0.4, -0.2) is 68.0 Å². The summed E-state index contributed by atoms with van der Waals surface area (Å²) in [6, 6.07) is 5.45. The smallest absolute Gasteiger partial charge is 0.306 e. The van der Waals surface area contributed by atoms with Crippen molar-refractivity contribution < 1.29 is 42.9 Å². The molecule has 0 radical (unpaired) electrons. The van der Waals surface area contributed by atoms with Gasteiger partial charge in [-0.1, -0.05) is 186 Å². The van der Waals surface area contributed by atoms with E-state index in [9.17, 15) is 19.2 Å². The lowest BCUT2D eigenvalue weighted by atomic mass is 10.0. The fourth-order valence-corrected chi connectivity index (χ4v) is 7.53. The largest absolute Gasteiger partial charge is 0.488 e. The zero-order valence-corrected chi connectivity index (χ0v) is 43.5. The van der Waals surface area contributed by atoms with E-state index in [1.807, 2.05) is 39.8 Å². The Balaban J connectivity index is 0.0000410. The van der Waals surface area contributed by atoms with Crippen LogP contribution in [0.2, 0.25) is 5.02 Å². The maximum absolute atomic E-state index is 13.0. The first-order valence-electron chi connectivity index (χ1n) is 25.7. The van der Waals surface area contributed by atoms with E-state index >= 15 is 0 Å². The fraction of sp³-hybridized carbons (Fsp3) is 0.811. The summed E-state index contributed by atoms with van der Waals surface area (Å²) in [4.78, 5) is 51.4. The molecule has 1 aromatic rings. The third kappa shape index (κ3) is 39.2. The van der Waals surface area contributed by atoms with Crippen molar-refractivity contribution in [3.63, 3.8) is 0 Å². The number of hydrogen-bond acceptors (Lipinski definition) is 10. The van der Waals surface area contributed by atoms with Gasteiger partial charge in [-0.25, -0.2) is 0 Å². The molecule has 0 aliphatic heterocycles. The van der Waals surface area contributed by atoms with E-state index < -0.39 is 24.1 Å². The third-order valence-electron chi connectivity index (χ3n) is 11.3. The molecular weight excluding hydrogens is 865 g/mol. The van der Waals surface area contributed by atoms with Crippen LogP contribution in [0.1, 0.15) is 233 Å². The molecule has 1 rings (SSSR count). The first kappa shape index (κ1) is 62.4. The van der Waals surface area contributed by atoms with Gasteiger partial charge in [-0.15, -0.1) is 12.4 Å². The van der Waals surface area contributed by atoms with Gasteiger partial charge in [0.2, 0.25) is 0 Å². The van der Waals surface area contributed by atoms with Crippen LogP contribution in [0.5, 0.6) is 5.75 Å². The number of unbranched alkanes of at least 4 members (excludes halogenated alkanes) is 24. The molecule has 10 nitrogen and oxygen atoms in total.